The molecular weight excluding hydrogens is 267 g/mol. The maximum Gasteiger partial charge on any atom is 1.00 e. The minimum Gasteiger partial charge on any atom is -0.569 e. The van der Waals surface area contributed by atoms with Crippen molar-refractivity contribution in [2.75, 3.05) is 17.2 Å². The van der Waals surface area contributed by atoms with E-state index in [0.29, 0.717) is 0 Å². The number of aliphatic hydroxyl groups excluding tert-OH is 1. The average molecular weight is 278 g/mol. The van der Waals surface area contributed by atoms with Crippen molar-refractivity contribution in [3.8, 4) is 0 Å². The van der Waals surface area contributed by atoms with Crippen LogP contribution in [-0.4, -0.2) is 37.6 Å². The molecule has 13 heteroatoms. The fourth-order valence-electron chi connectivity index (χ4n) is 0.427. The minimum absolute atomic E-state index is 0. The summed E-state index contributed by atoms with van der Waals surface area (Å²) in [5, 5.41) is 6.75. The van der Waals surface area contributed by atoms with E-state index in [1.807, 2.05) is 0 Å². The molecule has 0 aliphatic heterocycles. The monoisotopic (exact) mass is 278 g/mol. The molecule has 0 fully saturated rings. The maximum atomic E-state index is 8.74. The molecule has 0 aromatic carbocycles. The van der Waals surface area contributed by atoms with Gasteiger partial charge in [-0.05, 0) is 0 Å². The van der Waals surface area contributed by atoms with Crippen LogP contribution in [-0.2, 0) is 10.4 Å². The van der Waals surface area contributed by atoms with Crippen LogP contribution >= 0.6 is 0 Å². The summed E-state index contributed by atoms with van der Waals surface area (Å²) in [4.78, 5) is 10.5. The molecule has 9 N–H and O–H groups in total. The van der Waals surface area contributed by atoms with Gasteiger partial charge in [-0.2, -0.15) is 23.4 Å². The zero-order valence-electron chi connectivity index (χ0n) is 8.85. The molecule has 0 atom stereocenters. The summed E-state index contributed by atoms with van der Waals surface area (Å²) in [7, 11) is -2.42. The van der Waals surface area contributed by atoms with Crippen LogP contribution in [0.25, 0.3) is 0 Å². The summed E-state index contributed by atoms with van der Waals surface area (Å²) in [6.45, 7) is 0. The predicted octanol–water partition coefficient (Wildman–Crippen LogP) is -4.88. The number of aliphatic hydroxyl groups is 1. The first-order valence-electron chi connectivity index (χ1n) is 3.22. The largest absolute Gasteiger partial charge is 1.00 e. The number of hydrogen-bond acceptors (Lipinski definition) is 9. The van der Waals surface area contributed by atoms with Crippen molar-refractivity contribution < 1.29 is 52.2 Å². The van der Waals surface area contributed by atoms with Crippen LogP contribution in [0.2, 0.25) is 0 Å². The van der Waals surface area contributed by atoms with E-state index >= 15 is 0 Å². The van der Waals surface area contributed by atoms with Crippen molar-refractivity contribution >= 4 is 28.2 Å². The Bertz CT molecular complexity index is 354. The number of nitrogens with two attached hydrogens (primary N) is 3. The molecule has 0 saturated heterocycles. The van der Waals surface area contributed by atoms with Gasteiger partial charge in [0.1, 0.15) is 0 Å². The smallest absolute Gasteiger partial charge is 0.569 e. The molecule has 94 valence electrons. The fourth-order valence-corrected chi connectivity index (χ4v) is 0.427. The summed E-state index contributed by atoms with van der Waals surface area (Å²) in [6, 6.07) is 0. The second-order valence-corrected chi connectivity index (χ2v) is 2.75. The Morgan fingerprint density at radius 3 is 1.12 bits per heavy atom. The topological polar surface area (TPSA) is 212 Å². The van der Waals surface area contributed by atoms with Crippen LogP contribution in [0.1, 0.15) is 0 Å². The third kappa shape index (κ3) is 21.1. The van der Waals surface area contributed by atoms with Crippen molar-refractivity contribution in [3.63, 3.8) is 0 Å². The van der Waals surface area contributed by atoms with E-state index in [1.54, 1.807) is 0 Å². The van der Waals surface area contributed by atoms with E-state index < -0.39 is 10.4 Å². The number of nitrogen functional groups attached to an aromatic ring is 3. The Morgan fingerprint density at radius 1 is 0.882 bits per heavy atom. The molecule has 17 heavy (non-hydrogen) atoms. The van der Waals surface area contributed by atoms with Gasteiger partial charge in [0.05, 0.1) is 0 Å². The van der Waals surface area contributed by atoms with Gasteiger partial charge in [0.25, 0.3) is 0 Å². The van der Waals surface area contributed by atoms with Crippen molar-refractivity contribution in [3.05, 3.63) is 7.11 Å². The minimum atomic E-state index is -4.67. The van der Waals surface area contributed by atoms with Gasteiger partial charge in [0.15, 0.2) is 0 Å². The van der Waals surface area contributed by atoms with E-state index in [0.717, 1.165) is 0 Å². The summed E-state index contributed by atoms with van der Waals surface area (Å²) < 4.78 is 31.6. The number of aromatic nitrogens is 3. The van der Waals surface area contributed by atoms with Gasteiger partial charge in [0.2, 0.25) is 17.8 Å². The molecule has 11 nitrogen and oxygen atoms in total. The van der Waals surface area contributed by atoms with Gasteiger partial charge in [-0.15, -0.1) is 0 Å². The molecule has 0 unspecified atom stereocenters. The van der Waals surface area contributed by atoms with Gasteiger partial charge >= 0.3 is 40.0 Å². The molecule has 1 heterocycles. The Hall–Kier alpha value is -0.760. The van der Waals surface area contributed by atoms with Crippen LogP contribution in [0.4, 0.5) is 17.8 Å². The quantitative estimate of drug-likeness (QED) is 0.150. The second-order valence-electron chi connectivity index (χ2n) is 1.86. The Balaban J connectivity index is -0.000000213. The number of hydrogen-bond donors (Lipinski definition) is 6. The number of anilines is 3. The van der Waals surface area contributed by atoms with E-state index in [-0.39, 0.29) is 47.4 Å². The van der Waals surface area contributed by atoms with Gasteiger partial charge in [-0.1, -0.05) is 0 Å². The first kappa shape index (κ1) is 21.5. The molecule has 1 rings (SSSR count). The van der Waals surface area contributed by atoms with E-state index in [9.17, 15) is 0 Å². The summed E-state index contributed by atoms with van der Waals surface area (Å²) in [6.07, 6.45) is 0. The van der Waals surface area contributed by atoms with E-state index in [2.05, 4.69) is 22.1 Å². The molecule has 0 amide bonds. The molecule has 0 radical (unpaired) electrons. The standard InChI is InChI=1S/C3H6N6.CH3O.Na.H2O4S/c4-1-7-2(5)9-3(6)8-1;1-2;;1-5(2,3)4/h(H6,4,5,6,7,8,9);2H,1H2;;(H2,1,2,3,4)/q;-1;+1;. The fraction of sp³-hybridized carbons (Fsp3) is 0. The van der Waals surface area contributed by atoms with Gasteiger partial charge in [-0.25, -0.2) is 7.11 Å². The van der Waals surface area contributed by atoms with Gasteiger partial charge in [0, 0.05) is 0 Å². The van der Waals surface area contributed by atoms with Crippen molar-refractivity contribution in [1.29, 1.82) is 0 Å². The predicted molar refractivity (Wildman–Crippen MR) is 54.5 cm³/mol. The summed E-state index contributed by atoms with van der Waals surface area (Å²) >= 11 is 0. The van der Waals surface area contributed by atoms with Crippen LogP contribution in [0, 0.1) is 7.11 Å². The van der Waals surface area contributed by atoms with Crippen molar-refractivity contribution in [1.82, 2.24) is 15.0 Å². The van der Waals surface area contributed by atoms with Crippen LogP contribution < -0.4 is 46.8 Å². The molecule has 0 saturated carbocycles. The van der Waals surface area contributed by atoms with Crippen LogP contribution in [0.5, 0.6) is 0 Å². The molecule has 0 bridgehead atoms. The Kier molecular flexibility index (Phi) is 13.2. The zero-order chi connectivity index (χ0) is 13.4. The molecule has 0 aliphatic rings. The summed E-state index contributed by atoms with van der Waals surface area (Å²) in [5.41, 5.74) is 15.4. The van der Waals surface area contributed by atoms with Crippen LogP contribution in [0.15, 0.2) is 0 Å². The first-order valence-corrected chi connectivity index (χ1v) is 4.62. The molecule has 1 aromatic rings. The van der Waals surface area contributed by atoms with Crippen molar-refractivity contribution in [2.45, 2.75) is 0 Å². The molecule has 0 spiro atoms. The third-order valence-electron chi connectivity index (χ3n) is 0.687. The molecular formula is C4H11N6NaO5S. The second kappa shape index (κ2) is 10.4. The SMILES string of the molecule is Nc1nc(N)nc(N)n1.O=S(=O)(O)O.[CH2-]O.[Na+]. The number of nitrogens with zero attached hydrogens (tertiary/aromatic N) is 3. The average Bonchev–Trinajstić information content (AvgIpc) is 2.01. The number of rotatable bonds is 0. The van der Waals surface area contributed by atoms with Gasteiger partial charge < -0.3 is 22.3 Å². The van der Waals surface area contributed by atoms with E-state index in [1.165, 1.54) is 0 Å². The Morgan fingerprint density at radius 2 is 1.00 bits per heavy atom. The first-order chi connectivity index (χ1) is 7.18. The van der Waals surface area contributed by atoms with Crippen LogP contribution in [0.3, 0.4) is 0 Å². The normalized spacial score (nSPS) is 8.71. The Labute approximate surface area is 119 Å². The molecule has 0 aliphatic carbocycles. The zero-order valence-corrected chi connectivity index (χ0v) is 11.7. The van der Waals surface area contributed by atoms with Crippen molar-refractivity contribution in [2.24, 2.45) is 0 Å². The summed E-state index contributed by atoms with van der Waals surface area (Å²) in [5.74, 6) is 0.125. The molecule has 1 aromatic heterocycles. The third-order valence-corrected chi connectivity index (χ3v) is 0.687. The maximum absolute atomic E-state index is 8.74. The van der Waals surface area contributed by atoms with E-state index in [4.69, 9.17) is 39.8 Å². The van der Waals surface area contributed by atoms with Gasteiger partial charge in [-0.3, -0.25) is 9.11 Å².